The molecule has 94 valence electrons. The molecule has 0 aromatic rings. The Bertz CT molecular complexity index is 251. The predicted molar refractivity (Wildman–Crippen MR) is 64.0 cm³/mol. The van der Waals surface area contributed by atoms with E-state index in [2.05, 4.69) is 0 Å². The quantitative estimate of drug-likeness (QED) is 0.784. The van der Waals surface area contributed by atoms with E-state index in [1.54, 1.807) is 0 Å². The third-order valence-corrected chi connectivity index (χ3v) is 3.43. The summed E-state index contributed by atoms with van der Waals surface area (Å²) >= 11 is 0. The van der Waals surface area contributed by atoms with Crippen LogP contribution in [-0.2, 0) is 9.53 Å². The fourth-order valence-corrected chi connectivity index (χ4v) is 1.76. The van der Waals surface area contributed by atoms with E-state index in [1.165, 1.54) is 0 Å². The van der Waals surface area contributed by atoms with E-state index in [9.17, 15) is 4.79 Å². The first-order valence-corrected chi connectivity index (χ1v) is 6.05. The monoisotopic (exact) mass is 228 g/mol. The molecule has 0 aliphatic carbocycles. The Balaban J connectivity index is 2.64. The van der Waals surface area contributed by atoms with Crippen LogP contribution in [0.1, 0.15) is 34.1 Å². The molecule has 2 N–H and O–H groups in total. The predicted octanol–water partition coefficient (Wildman–Crippen LogP) is 0.997. The van der Waals surface area contributed by atoms with Gasteiger partial charge >= 0.3 is 0 Å². The number of rotatable bonds is 3. The van der Waals surface area contributed by atoms with Gasteiger partial charge in [0.15, 0.2) is 0 Å². The molecule has 0 bridgehead atoms. The molecule has 1 rings (SSSR count). The van der Waals surface area contributed by atoms with Crippen molar-refractivity contribution in [3.05, 3.63) is 0 Å². The zero-order chi connectivity index (χ0) is 12.3. The average molecular weight is 228 g/mol. The van der Waals surface area contributed by atoms with Crippen LogP contribution < -0.4 is 5.73 Å². The van der Waals surface area contributed by atoms with Crippen molar-refractivity contribution in [2.45, 2.75) is 46.3 Å². The number of carbonyl (C=O) groups is 1. The third kappa shape index (κ3) is 2.95. The van der Waals surface area contributed by atoms with Gasteiger partial charge in [-0.1, -0.05) is 20.8 Å². The molecule has 0 saturated carbocycles. The molecular weight excluding hydrogens is 204 g/mol. The zero-order valence-electron chi connectivity index (χ0n) is 10.8. The van der Waals surface area contributed by atoms with Crippen LogP contribution in [0.4, 0.5) is 0 Å². The van der Waals surface area contributed by atoms with Crippen molar-refractivity contribution in [1.82, 2.24) is 4.90 Å². The number of nitrogens with two attached hydrogens (primary N) is 1. The Morgan fingerprint density at radius 3 is 2.75 bits per heavy atom. The molecule has 1 amide bonds. The van der Waals surface area contributed by atoms with Crippen molar-refractivity contribution in [1.29, 1.82) is 0 Å². The van der Waals surface area contributed by atoms with E-state index in [0.717, 1.165) is 6.42 Å². The number of amides is 1. The molecule has 1 saturated heterocycles. The van der Waals surface area contributed by atoms with Crippen LogP contribution >= 0.6 is 0 Å². The normalized spacial score (nSPS) is 24.3. The molecule has 2 unspecified atom stereocenters. The number of carbonyl (C=O) groups excluding carboxylic acids is 1. The van der Waals surface area contributed by atoms with Gasteiger partial charge in [-0.3, -0.25) is 4.79 Å². The van der Waals surface area contributed by atoms with Crippen LogP contribution in [-0.4, -0.2) is 42.6 Å². The summed E-state index contributed by atoms with van der Waals surface area (Å²) in [6.07, 6.45) is 0.830. The van der Waals surface area contributed by atoms with Gasteiger partial charge in [0.1, 0.15) is 0 Å². The van der Waals surface area contributed by atoms with E-state index < -0.39 is 0 Å². The minimum atomic E-state index is -0.278. The highest BCUT2D eigenvalue weighted by Gasteiger charge is 2.34. The van der Waals surface area contributed by atoms with Crippen LogP contribution in [0, 0.1) is 5.41 Å². The average Bonchev–Trinajstić information content (AvgIpc) is 2.28. The first-order valence-electron chi connectivity index (χ1n) is 6.05. The van der Waals surface area contributed by atoms with E-state index in [4.69, 9.17) is 10.5 Å². The van der Waals surface area contributed by atoms with E-state index >= 15 is 0 Å². The van der Waals surface area contributed by atoms with Crippen LogP contribution in [0.2, 0.25) is 0 Å². The highest BCUT2D eigenvalue weighted by molar-refractivity contribution is 5.82. The molecule has 1 fully saturated rings. The van der Waals surface area contributed by atoms with Gasteiger partial charge in [0.2, 0.25) is 5.91 Å². The van der Waals surface area contributed by atoms with Crippen molar-refractivity contribution in [2.75, 3.05) is 19.7 Å². The molecule has 4 nitrogen and oxygen atoms in total. The molecular formula is C12H24N2O2. The molecule has 0 radical (unpaired) electrons. The first-order chi connectivity index (χ1) is 7.38. The van der Waals surface area contributed by atoms with Gasteiger partial charge in [-0.2, -0.15) is 0 Å². The number of morpholine rings is 1. The summed E-state index contributed by atoms with van der Waals surface area (Å²) in [6.45, 7) is 9.85. The third-order valence-electron chi connectivity index (χ3n) is 3.43. The molecule has 1 aliphatic rings. The lowest BCUT2D eigenvalue weighted by Crippen LogP contribution is -2.54. The van der Waals surface area contributed by atoms with Gasteiger partial charge in [0.05, 0.1) is 12.7 Å². The van der Waals surface area contributed by atoms with Gasteiger partial charge in [-0.15, -0.1) is 0 Å². The van der Waals surface area contributed by atoms with E-state index in [-0.39, 0.29) is 23.5 Å². The highest BCUT2D eigenvalue weighted by atomic mass is 16.5. The van der Waals surface area contributed by atoms with Crippen LogP contribution in [0.5, 0.6) is 0 Å². The van der Waals surface area contributed by atoms with Crippen molar-refractivity contribution >= 4 is 5.91 Å². The van der Waals surface area contributed by atoms with Crippen LogP contribution in [0.15, 0.2) is 0 Å². The smallest absolute Gasteiger partial charge is 0.228 e. The van der Waals surface area contributed by atoms with Crippen LogP contribution in [0.3, 0.4) is 0 Å². The van der Waals surface area contributed by atoms with Crippen molar-refractivity contribution < 1.29 is 9.53 Å². The summed E-state index contributed by atoms with van der Waals surface area (Å²) in [5, 5.41) is 0. The maximum absolute atomic E-state index is 12.2. The largest absolute Gasteiger partial charge is 0.373 e. The maximum atomic E-state index is 12.2. The Morgan fingerprint density at radius 2 is 2.25 bits per heavy atom. The Morgan fingerprint density at radius 1 is 1.62 bits per heavy atom. The lowest BCUT2D eigenvalue weighted by Gasteiger charge is -2.38. The Hall–Kier alpha value is -0.610. The lowest BCUT2D eigenvalue weighted by molar-refractivity contribution is -0.148. The first kappa shape index (κ1) is 13.5. The zero-order valence-corrected chi connectivity index (χ0v) is 10.8. The second-order valence-electron chi connectivity index (χ2n) is 5.26. The molecule has 1 heterocycles. The highest BCUT2D eigenvalue weighted by Crippen LogP contribution is 2.24. The van der Waals surface area contributed by atoms with Gasteiger partial charge in [-0.25, -0.2) is 0 Å². The summed E-state index contributed by atoms with van der Waals surface area (Å²) in [5.41, 5.74) is 5.53. The summed E-state index contributed by atoms with van der Waals surface area (Å²) in [5.74, 6) is 0.212. The van der Waals surface area contributed by atoms with Crippen molar-refractivity contribution in [3.63, 3.8) is 0 Å². The van der Waals surface area contributed by atoms with Gasteiger partial charge in [-0.05, 0) is 13.3 Å². The topological polar surface area (TPSA) is 55.6 Å². The molecule has 4 heteroatoms. The van der Waals surface area contributed by atoms with Gasteiger partial charge in [0.25, 0.3) is 0 Å². The SMILES string of the molecule is CCC(C)(C)C(=O)N1CCOC(C(C)N)C1. The lowest BCUT2D eigenvalue weighted by atomic mass is 9.88. The van der Waals surface area contributed by atoms with Crippen LogP contribution in [0.25, 0.3) is 0 Å². The maximum Gasteiger partial charge on any atom is 0.228 e. The number of nitrogens with zero attached hydrogens (tertiary/aromatic N) is 1. The fraction of sp³-hybridized carbons (Fsp3) is 0.917. The minimum Gasteiger partial charge on any atom is -0.373 e. The van der Waals surface area contributed by atoms with Crippen molar-refractivity contribution in [2.24, 2.45) is 11.1 Å². The minimum absolute atomic E-state index is 0.0228. The standard InChI is InChI=1S/C12H24N2O2/c1-5-12(3,4)11(15)14-6-7-16-10(8-14)9(2)13/h9-10H,5-8,13H2,1-4H3. The second kappa shape index (κ2) is 5.15. The number of hydrogen-bond donors (Lipinski definition) is 1. The summed E-state index contributed by atoms with van der Waals surface area (Å²) in [4.78, 5) is 14.1. The summed E-state index contributed by atoms with van der Waals surface area (Å²) < 4.78 is 5.55. The number of ether oxygens (including phenoxy) is 1. The molecule has 16 heavy (non-hydrogen) atoms. The summed E-state index contributed by atoms with van der Waals surface area (Å²) in [6, 6.07) is -0.0275. The molecule has 1 aliphatic heterocycles. The Labute approximate surface area is 98.1 Å². The Kier molecular flexibility index (Phi) is 4.33. The molecule has 2 atom stereocenters. The fourth-order valence-electron chi connectivity index (χ4n) is 1.76. The van der Waals surface area contributed by atoms with Gasteiger partial charge in [0, 0.05) is 24.5 Å². The molecule has 0 aromatic carbocycles. The summed E-state index contributed by atoms with van der Waals surface area (Å²) in [7, 11) is 0. The van der Waals surface area contributed by atoms with E-state index in [0.29, 0.717) is 19.7 Å². The van der Waals surface area contributed by atoms with Crippen molar-refractivity contribution in [3.8, 4) is 0 Å². The van der Waals surface area contributed by atoms with Gasteiger partial charge < -0.3 is 15.4 Å². The molecule has 0 aromatic heterocycles. The second-order valence-corrected chi connectivity index (χ2v) is 5.26. The van der Waals surface area contributed by atoms with E-state index in [1.807, 2.05) is 32.6 Å². The molecule has 0 spiro atoms. The number of hydrogen-bond acceptors (Lipinski definition) is 3.